The number of anilines is 3. The lowest BCUT2D eigenvalue weighted by Crippen LogP contribution is -2.44. The summed E-state index contributed by atoms with van der Waals surface area (Å²) in [5.74, 6) is 0.528. The fourth-order valence-corrected chi connectivity index (χ4v) is 3.57. The van der Waals surface area contributed by atoms with Crippen LogP contribution in [0, 0.1) is 5.92 Å². The van der Waals surface area contributed by atoms with Crippen LogP contribution in [-0.4, -0.2) is 44.0 Å². The number of nitrogens with two attached hydrogens (primary N) is 1. The number of aryl methyl sites for hydroxylation is 1. The minimum atomic E-state index is -0.661. The molecule has 1 aliphatic rings. The van der Waals surface area contributed by atoms with E-state index < -0.39 is 5.91 Å². The van der Waals surface area contributed by atoms with Gasteiger partial charge in [-0.1, -0.05) is 6.58 Å². The van der Waals surface area contributed by atoms with Gasteiger partial charge in [0.2, 0.25) is 0 Å². The third-order valence-electron chi connectivity index (χ3n) is 5.09. The molecule has 0 aliphatic carbocycles. The van der Waals surface area contributed by atoms with Gasteiger partial charge in [0.1, 0.15) is 5.82 Å². The van der Waals surface area contributed by atoms with E-state index in [1.165, 1.54) is 6.08 Å². The predicted octanol–water partition coefficient (Wildman–Crippen LogP) is 1.80. The van der Waals surface area contributed by atoms with Gasteiger partial charge in [0.25, 0.3) is 5.91 Å². The van der Waals surface area contributed by atoms with Crippen LogP contribution in [0.3, 0.4) is 0 Å². The maximum Gasteiger partial charge on any atom is 0.271 e. The molecule has 0 spiro atoms. The molecule has 0 saturated carbocycles. The first kappa shape index (κ1) is 19.5. The molecule has 1 fully saturated rings. The van der Waals surface area contributed by atoms with E-state index >= 15 is 0 Å². The summed E-state index contributed by atoms with van der Waals surface area (Å²) in [6.07, 6.45) is 8.72. The third kappa shape index (κ3) is 4.19. The molecule has 1 amide bonds. The van der Waals surface area contributed by atoms with Gasteiger partial charge >= 0.3 is 0 Å². The van der Waals surface area contributed by atoms with E-state index in [0.717, 1.165) is 19.4 Å². The van der Waals surface area contributed by atoms with Gasteiger partial charge in [0.15, 0.2) is 17.3 Å². The molecule has 1 aliphatic heterocycles. The van der Waals surface area contributed by atoms with E-state index in [-0.39, 0.29) is 29.3 Å². The Labute approximate surface area is 163 Å². The molecule has 9 nitrogen and oxygen atoms in total. The van der Waals surface area contributed by atoms with Crippen LogP contribution in [0.5, 0.6) is 0 Å². The molecule has 1 saturated heterocycles. The Morgan fingerprint density at radius 1 is 1.43 bits per heavy atom. The Morgan fingerprint density at radius 3 is 2.86 bits per heavy atom. The van der Waals surface area contributed by atoms with Gasteiger partial charge in [-0.15, -0.1) is 0 Å². The van der Waals surface area contributed by atoms with E-state index in [0.29, 0.717) is 17.9 Å². The van der Waals surface area contributed by atoms with Crippen LogP contribution >= 0.6 is 0 Å². The van der Waals surface area contributed by atoms with Crippen LogP contribution < -0.4 is 16.0 Å². The number of rotatable bonds is 7. The van der Waals surface area contributed by atoms with Gasteiger partial charge < -0.3 is 16.0 Å². The molecule has 2 aromatic rings. The Balaban J connectivity index is 1.88. The summed E-state index contributed by atoms with van der Waals surface area (Å²) >= 11 is 0. The van der Waals surface area contributed by atoms with Gasteiger partial charge in [0.05, 0.1) is 18.1 Å². The molecule has 3 N–H and O–H groups in total. The van der Waals surface area contributed by atoms with Gasteiger partial charge in [-0.05, 0) is 31.8 Å². The number of nitrogens with one attached hydrogen (secondary N) is 1. The van der Waals surface area contributed by atoms with Gasteiger partial charge in [0, 0.05) is 32.3 Å². The van der Waals surface area contributed by atoms with Gasteiger partial charge in [-0.2, -0.15) is 5.10 Å². The number of carbonyl (C=O) groups excluding carboxylic acids is 2. The molecule has 9 heteroatoms. The summed E-state index contributed by atoms with van der Waals surface area (Å²) in [5, 5.41) is 7.17. The van der Waals surface area contributed by atoms with E-state index in [4.69, 9.17) is 5.73 Å². The number of carbonyl (C=O) groups is 2. The van der Waals surface area contributed by atoms with Crippen molar-refractivity contribution >= 4 is 29.0 Å². The summed E-state index contributed by atoms with van der Waals surface area (Å²) in [7, 11) is 1.79. The molecule has 3 rings (SSSR count). The number of ketones is 1. The van der Waals surface area contributed by atoms with E-state index in [1.54, 1.807) is 30.3 Å². The van der Waals surface area contributed by atoms with Crippen molar-refractivity contribution in [3.05, 3.63) is 36.9 Å². The smallest absolute Gasteiger partial charge is 0.271 e. The average molecular weight is 383 g/mol. The van der Waals surface area contributed by atoms with E-state index in [2.05, 4.69) is 38.8 Å². The van der Waals surface area contributed by atoms with Crippen molar-refractivity contribution in [3.8, 4) is 0 Å². The number of hydrogen-bond donors (Lipinski definition) is 2. The largest absolute Gasteiger partial charge is 0.364 e. The van der Waals surface area contributed by atoms with Crippen molar-refractivity contribution in [3.63, 3.8) is 0 Å². The zero-order valence-electron chi connectivity index (χ0n) is 16.1. The van der Waals surface area contributed by atoms with Crippen LogP contribution in [0.25, 0.3) is 0 Å². The summed E-state index contributed by atoms with van der Waals surface area (Å²) in [6.45, 7) is 6.45. The summed E-state index contributed by atoms with van der Waals surface area (Å²) in [6, 6.07) is 0.109. The van der Waals surface area contributed by atoms with Crippen LogP contribution in [0.2, 0.25) is 0 Å². The van der Waals surface area contributed by atoms with Crippen molar-refractivity contribution < 1.29 is 9.59 Å². The van der Waals surface area contributed by atoms with Crippen LogP contribution in [0.4, 0.5) is 17.3 Å². The lowest BCUT2D eigenvalue weighted by Gasteiger charge is -2.40. The Hall–Kier alpha value is -3.23. The van der Waals surface area contributed by atoms with Crippen molar-refractivity contribution in [2.75, 3.05) is 16.8 Å². The van der Waals surface area contributed by atoms with Crippen LogP contribution in [0.15, 0.2) is 31.2 Å². The first-order chi connectivity index (χ1) is 13.4. The first-order valence-corrected chi connectivity index (χ1v) is 9.23. The lowest BCUT2D eigenvalue weighted by atomic mass is 9.86. The standard InChI is InChI=1S/C19H25N7O2/c1-4-15(27)8-13-6-5-7-26(12(13)2)16-10-21-17(18(20)28)19(24-16)23-14-9-22-25(3)11-14/h4,9-13H,1,5-8H2,2-3H3,(H2,20,28)(H,23,24)/t12-,13+/m1/s1. The van der Waals surface area contributed by atoms with E-state index in [1.807, 2.05) is 0 Å². The number of primary amides is 1. The maximum atomic E-state index is 11.8. The zero-order chi connectivity index (χ0) is 20.3. The quantitative estimate of drug-likeness (QED) is 0.700. The number of aromatic nitrogens is 4. The van der Waals surface area contributed by atoms with Gasteiger partial charge in [-0.3, -0.25) is 14.3 Å². The normalized spacial score (nSPS) is 19.3. The molecule has 0 aromatic carbocycles. The van der Waals surface area contributed by atoms with Crippen LogP contribution in [0.1, 0.15) is 36.7 Å². The second kappa shape index (κ2) is 8.20. The highest BCUT2D eigenvalue weighted by Crippen LogP contribution is 2.31. The SMILES string of the molecule is C=CC(=O)C[C@@H]1CCCN(c2cnc(C(N)=O)c(Nc3cnn(C)c3)n2)[C@@H]1C. The highest BCUT2D eigenvalue weighted by molar-refractivity contribution is 5.96. The highest BCUT2D eigenvalue weighted by Gasteiger charge is 2.30. The molecule has 2 aromatic heterocycles. The van der Waals surface area contributed by atoms with E-state index in [9.17, 15) is 9.59 Å². The molecule has 148 valence electrons. The minimum Gasteiger partial charge on any atom is -0.364 e. The van der Waals surface area contributed by atoms with Crippen molar-refractivity contribution in [1.29, 1.82) is 0 Å². The second-order valence-electron chi connectivity index (χ2n) is 7.03. The molecule has 0 bridgehead atoms. The summed E-state index contributed by atoms with van der Waals surface area (Å²) in [5.41, 5.74) is 6.20. The predicted molar refractivity (Wildman–Crippen MR) is 106 cm³/mol. The average Bonchev–Trinajstić information content (AvgIpc) is 3.07. The number of hydrogen-bond acceptors (Lipinski definition) is 7. The molecule has 2 atom stereocenters. The third-order valence-corrected chi connectivity index (χ3v) is 5.09. The number of allylic oxidation sites excluding steroid dienone is 1. The molecule has 3 heterocycles. The monoisotopic (exact) mass is 383 g/mol. The minimum absolute atomic E-state index is 0.0489. The molecule has 0 radical (unpaired) electrons. The maximum absolute atomic E-state index is 11.8. The molecular weight excluding hydrogens is 358 g/mol. The Kier molecular flexibility index (Phi) is 5.72. The molecule has 28 heavy (non-hydrogen) atoms. The molecule has 0 unspecified atom stereocenters. The van der Waals surface area contributed by atoms with Gasteiger partial charge in [-0.25, -0.2) is 9.97 Å². The summed E-state index contributed by atoms with van der Waals surface area (Å²) < 4.78 is 1.64. The van der Waals surface area contributed by atoms with Crippen LogP contribution in [-0.2, 0) is 11.8 Å². The first-order valence-electron chi connectivity index (χ1n) is 9.23. The van der Waals surface area contributed by atoms with Crippen molar-refractivity contribution in [2.24, 2.45) is 18.7 Å². The lowest BCUT2D eigenvalue weighted by molar-refractivity contribution is -0.115. The molecular formula is C19H25N7O2. The summed E-state index contributed by atoms with van der Waals surface area (Å²) in [4.78, 5) is 34.6. The number of piperidine rings is 1. The topological polar surface area (TPSA) is 119 Å². The number of amides is 1. The van der Waals surface area contributed by atoms with Crippen molar-refractivity contribution in [1.82, 2.24) is 19.7 Å². The second-order valence-corrected chi connectivity index (χ2v) is 7.03. The van der Waals surface area contributed by atoms with Crippen molar-refractivity contribution in [2.45, 2.75) is 32.2 Å². The fraction of sp³-hybridized carbons (Fsp3) is 0.421. The fourth-order valence-electron chi connectivity index (χ4n) is 3.57. The Bertz CT molecular complexity index is 892. The highest BCUT2D eigenvalue weighted by atomic mass is 16.1. The number of nitrogens with zero attached hydrogens (tertiary/aromatic N) is 5. The Morgan fingerprint density at radius 2 is 2.21 bits per heavy atom. The zero-order valence-corrected chi connectivity index (χ0v) is 16.1.